The Kier molecular flexibility index (Phi) is 9.59. The number of hydroxylamine groups is 1. The predicted octanol–water partition coefficient (Wildman–Crippen LogP) is 4.01. The number of amides is 1. The number of nitrogens with two attached hydrogens (primary N) is 1. The van der Waals surface area contributed by atoms with Crippen molar-refractivity contribution in [3.63, 3.8) is 0 Å². The van der Waals surface area contributed by atoms with Gasteiger partial charge in [-0.15, -0.1) is 0 Å². The van der Waals surface area contributed by atoms with Gasteiger partial charge in [-0.25, -0.2) is 13.2 Å². The second-order valence-corrected chi connectivity index (χ2v) is 12.6. The Hall–Kier alpha value is -2.70. The molecule has 2 aliphatic heterocycles. The maximum atomic E-state index is 13.7. The third-order valence-corrected chi connectivity index (χ3v) is 9.49. The molecule has 1 saturated carbocycles. The molecule has 2 saturated heterocycles. The number of carbonyl (C=O) groups is 1. The average Bonchev–Trinajstić information content (AvgIpc) is 3.57. The van der Waals surface area contributed by atoms with Crippen molar-refractivity contribution in [3.05, 3.63) is 60.2 Å². The van der Waals surface area contributed by atoms with Gasteiger partial charge in [-0.1, -0.05) is 54.1 Å². The molecule has 3 aliphatic rings. The lowest BCUT2D eigenvalue weighted by Crippen LogP contribution is -2.43. The normalized spacial score (nSPS) is 24.1. The number of anilines is 1. The van der Waals surface area contributed by atoms with Crippen molar-refractivity contribution in [1.29, 1.82) is 0 Å². The Bertz CT molecular complexity index is 1210. The lowest BCUT2D eigenvalue weighted by molar-refractivity contribution is -0.144. The number of carbonyl (C=O) groups excluding carboxylic acids is 1. The highest BCUT2D eigenvalue weighted by atomic mass is 32.2. The van der Waals surface area contributed by atoms with Gasteiger partial charge in [-0.2, -0.15) is 0 Å². The van der Waals surface area contributed by atoms with Crippen LogP contribution in [0.5, 0.6) is 0 Å². The van der Waals surface area contributed by atoms with E-state index in [4.69, 9.17) is 24.8 Å². The molecule has 2 aromatic carbocycles. The second-order valence-electron chi connectivity index (χ2n) is 10.8. The van der Waals surface area contributed by atoms with Crippen LogP contribution in [0.2, 0.25) is 0 Å². The van der Waals surface area contributed by atoms with Crippen LogP contribution in [0.25, 0.3) is 0 Å². The smallest absolute Gasteiger partial charge is 0.407 e. The number of hydrogen-bond acceptors (Lipinski definition) is 8. The van der Waals surface area contributed by atoms with E-state index >= 15 is 0 Å². The number of nitrogens with zero attached hydrogens (tertiary/aromatic N) is 1. The summed E-state index contributed by atoms with van der Waals surface area (Å²) in [7, 11) is -3.96. The molecule has 0 spiro atoms. The second kappa shape index (κ2) is 13.3. The van der Waals surface area contributed by atoms with E-state index in [1.807, 2.05) is 30.3 Å². The summed E-state index contributed by atoms with van der Waals surface area (Å²) in [6.45, 7) is 0.952. The lowest BCUT2D eigenvalue weighted by Gasteiger charge is -2.30. The average molecular weight is 574 g/mol. The first-order valence-electron chi connectivity index (χ1n) is 14.2. The van der Waals surface area contributed by atoms with E-state index in [0.717, 1.165) is 48.6 Å². The maximum absolute atomic E-state index is 13.7. The molecule has 0 radical (unpaired) electrons. The number of sulfonamides is 1. The van der Waals surface area contributed by atoms with Crippen molar-refractivity contribution in [1.82, 2.24) is 9.79 Å². The Balaban J connectivity index is 1.29. The van der Waals surface area contributed by atoms with Crippen molar-refractivity contribution in [2.24, 2.45) is 5.92 Å². The summed E-state index contributed by atoms with van der Waals surface area (Å²) < 4.78 is 45.3. The molecule has 2 aromatic rings. The monoisotopic (exact) mass is 573 g/mol. The molecule has 3 fully saturated rings. The number of ether oxygens (including phenoxy) is 3. The minimum absolute atomic E-state index is 0.0303. The quantitative estimate of drug-likeness (QED) is 0.305. The number of nitrogens with one attached hydrogen (secondary N) is 1. The van der Waals surface area contributed by atoms with E-state index in [1.165, 1.54) is 12.1 Å². The fourth-order valence-electron chi connectivity index (χ4n) is 5.59. The predicted molar refractivity (Wildman–Crippen MR) is 148 cm³/mol. The van der Waals surface area contributed by atoms with Crippen molar-refractivity contribution < 1.29 is 32.3 Å². The first-order chi connectivity index (χ1) is 19.4. The fraction of sp³-hybridized carbons (Fsp3) is 0.552. The van der Waals surface area contributed by atoms with Crippen molar-refractivity contribution in [2.45, 2.75) is 80.8 Å². The molecule has 218 valence electrons. The molecule has 0 unspecified atom stereocenters. The molecule has 1 amide bonds. The van der Waals surface area contributed by atoms with E-state index < -0.39 is 22.2 Å². The minimum atomic E-state index is -3.96. The molecule has 1 aliphatic carbocycles. The number of alkyl carbamates (subject to hydrolysis) is 1. The summed E-state index contributed by atoms with van der Waals surface area (Å²) in [5.74, 6) is 0.0303. The molecule has 0 aromatic heterocycles. The van der Waals surface area contributed by atoms with Crippen molar-refractivity contribution in [2.75, 3.05) is 25.5 Å². The molecule has 2 heterocycles. The zero-order valence-corrected chi connectivity index (χ0v) is 23.5. The van der Waals surface area contributed by atoms with Gasteiger partial charge in [-0.3, -0.25) is 4.84 Å². The molecule has 0 bridgehead atoms. The summed E-state index contributed by atoms with van der Waals surface area (Å²) in [5, 5.41) is 2.98. The van der Waals surface area contributed by atoms with Gasteiger partial charge in [0.2, 0.25) is 0 Å². The van der Waals surface area contributed by atoms with Crippen LogP contribution in [-0.4, -0.2) is 63.3 Å². The van der Waals surface area contributed by atoms with Gasteiger partial charge < -0.3 is 25.3 Å². The van der Waals surface area contributed by atoms with E-state index in [9.17, 15) is 13.2 Å². The largest absolute Gasteiger partial charge is 0.443 e. The van der Waals surface area contributed by atoms with Crippen LogP contribution in [0.1, 0.15) is 50.5 Å². The van der Waals surface area contributed by atoms with Crippen molar-refractivity contribution in [3.8, 4) is 0 Å². The van der Waals surface area contributed by atoms with Crippen LogP contribution in [0.15, 0.2) is 59.5 Å². The highest BCUT2D eigenvalue weighted by Gasteiger charge is 2.44. The first kappa shape index (κ1) is 28.8. The Morgan fingerprint density at radius 1 is 1.02 bits per heavy atom. The fourth-order valence-corrected chi connectivity index (χ4v) is 6.89. The first-order valence-corrected chi connectivity index (χ1v) is 15.6. The standard InChI is InChI=1S/C29H39N3O7S/c30-22-11-13-25(14-12-22)40(34,35)32(39-24-9-5-2-6-10-24)17-15-23(19-21-7-3-1-4-8-21)31-29(33)38-27-20-37-28-26(27)16-18-36-28/h1,3-4,7-8,11-14,23-24,26-28H,2,5-6,9-10,15-20,30H2,(H,31,33)/t23-,26+,27+,28-/m1/s1. The zero-order chi connectivity index (χ0) is 28.0. The van der Waals surface area contributed by atoms with E-state index in [1.54, 1.807) is 12.1 Å². The van der Waals surface area contributed by atoms with Gasteiger partial charge >= 0.3 is 6.09 Å². The van der Waals surface area contributed by atoms with E-state index in [2.05, 4.69) is 5.32 Å². The van der Waals surface area contributed by atoms with Gasteiger partial charge in [0.05, 0.1) is 30.1 Å². The summed E-state index contributed by atoms with van der Waals surface area (Å²) in [6.07, 6.45) is 4.93. The summed E-state index contributed by atoms with van der Waals surface area (Å²) >= 11 is 0. The van der Waals surface area contributed by atoms with Crippen LogP contribution < -0.4 is 11.1 Å². The number of fused-ring (bicyclic) bond motifs is 1. The Labute approximate surface area is 236 Å². The third kappa shape index (κ3) is 7.32. The van der Waals surface area contributed by atoms with Crippen LogP contribution >= 0.6 is 0 Å². The number of rotatable bonds is 11. The highest BCUT2D eigenvalue weighted by Crippen LogP contribution is 2.33. The van der Waals surface area contributed by atoms with Crippen LogP contribution in [0.3, 0.4) is 0 Å². The third-order valence-electron chi connectivity index (χ3n) is 7.82. The van der Waals surface area contributed by atoms with Gasteiger partial charge in [-0.05, 0) is 61.9 Å². The zero-order valence-electron chi connectivity index (χ0n) is 22.7. The number of nitrogen functional groups attached to an aromatic ring is 1. The molecule has 11 heteroatoms. The molecular formula is C29H39N3O7S. The van der Waals surface area contributed by atoms with Gasteiger partial charge in [0.15, 0.2) is 6.29 Å². The van der Waals surface area contributed by atoms with Gasteiger partial charge in [0, 0.05) is 18.3 Å². The highest BCUT2D eigenvalue weighted by molar-refractivity contribution is 7.89. The van der Waals surface area contributed by atoms with Crippen LogP contribution in [-0.2, 0) is 35.5 Å². The SMILES string of the molecule is Nc1ccc(S(=O)(=O)N(CC[C@H](Cc2ccccc2)NC(=O)O[C@H]2CO[C@H]3OCC[C@H]32)OC2CCCCC2)cc1. The topological polar surface area (TPSA) is 129 Å². The molecule has 3 N–H and O–H groups in total. The van der Waals surface area contributed by atoms with Crippen molar-refractivity contribution >= 4 is 21.8 Å². The maximum Gasteiger partial charge on any atom is 0.407 e. The Morgan fingerprint density at radius 2 is 1.77 bits per heavy atom. The number of benzene rings is 2. The van der Waals surface area contributed by atoms with Gasteiger partial charge in [0.25, 0.3) is 10.0 Å². The van der Waals surface area contributed by atoms with Gasteiger partial charge in [0.1, 0.15) is 6.10 Å². The van der Waals surface area contributed by atoms with E-state index in [-0.39, 0.29) is 35.9 Å². The minimum Gasteiger partial charge on any atom is -0.443 e. The Morgan fingerprint density at radius 3 is 2.52 bits per heavy atom. The van der Waals surface area contributed by atoms with Crippen LogP contribution in [0, 0.1) is 5.92 Å². The molecule has 5 rings (SSSR count). The van der Waals surface area contributed by atoms with Crippen LogP contribution in [0.4, 0.5) is 10.5 Å². The molecule has 40 heavy (non-hydrogen) atoms. The molecule has 4 atom stereocenters. The summed E-state index contributed by atoms with van der Waals surface area (Å²) in [5.41, 5.74) is 7.29. The summed E-state index contributed by atoms with van der Waals surface area (Å²) in [6, 6.07) is 15.5. The summed E-state index contributed by atoms with van der Waals surface area (Å²) in [4.78, 5) is 19.2. The lowest BCUT2D eigenvalue weighted by atomic mass is 9.98. The van der Waals surface area contributed by atoms with E-state index in [0.29, 0.717) is 31.7 Å². The number of hydrogen-bond donors (Lipinski definition) is 2. The molecule has 10 nitrogen and oxygen atoms in total. The molecular weight excluding hydrogens is 534 g/mol.